The first-order valence-corrected chi connectivity index (χ1v) is 20.8. The lowest BCUT2D eigenvalue weighted by molar-refractivity contribution is 0.660. The predicted octanol–water partition coefficient (Wildman–Crippen LogP) is 15.9. The van der Waals surface area contributed by atoms with Crippen molar-refractivity contribution in [1.29, 1.82) is 0 Å². The summed E-state index contributed by atoms with van der Waals surface area (Å²) in [5.41, 5.74) is 21.4. The van der Waals surface area contributed by atoms with Gasteiger partial charge in [-0.05, 0) is 114 Å². The van der Waals surface area contributed by atoms with Gasteiger partial charge in [-0.2, -0.15) is 0 Å². The summed E-state index contributed by atoms with van der Waals surface area (Å²) in [6.45, 7) is 9.45. The van der Waals surface area contributed by atoms with Gasteiger partial charge in [0.25, 0.3) is 0 Å². The van der Waals surface area contributed by atoms with Crippen LogP contribution >= 0.6 is 0 Å². The van der Waals surface area contributed by atoms with Gasteiger partial charge in [0, 0.05) is 27.6 Å². The van der Waals surface area contributed by atoms with E-state index in [4.69, 9.17) is 0 Å². The SMILES string of the molecule is CC1(C)c2ccccc2-c2ccc(-c3ccc4cc(N(c5cccc(-c6ccccc6)c5-c5ccccc5)c5cccc6c5-c5ccccc5C6(C)C)ccc4c3)cc21. The Hall–Kier alpha value is -6.96. The number of hydrogen-bond acceptors (Lipinski definition) is 1. The van der Waals surface area contributed by atoms with E-state index in [9.17, 15) is 0 Å². The van der Waals surface area contributed by atoms with Crippen LogP contribution in [0.5, 0.6) is 0 Å². The number of hydrogen-bond donors (Lipinski definition) is 0. The van der Waals surface area contributed by atoms with E-state index in [1.54, 1.807) is 0 Å². The number of rotatable bonds is 6. The van der Waals surface area contributed by atoms with Crippen LogP contribution in [0.25, 0.3) is 66.4 Å². The zero-order chi connectivity index (χ0) is 39.9. The molecule has 1 heteroatoms. The van der Waals surface area contributed by atoms with Crippen molar-refractivity contribution < 1.29 is 0 Å². The maximum atomic E-state index is 2.53. The van der Waals surface area contributed by atoms with Crippen molar-refractivity contribution in [2.24, 2.45) is 0 Å². The molecule has 0 spiro atoms. The average molecular weight is 756 g/mol. The van der Waals surface area contributed by atoms with E-state index >= 15 is 0 Å². The Balaban J connectivity index is 1.11. The van der Waals surface area contributed by atoms with Crippen LogP contribution in [0.3, 0.4) is 0 Å². The van der Waals surface area contributed by atoms with Crippen molar-refractivity contribution in [3.05, 3.63) is 222 Å². The average Bonchev–Trinajstić information content (AvgIpc) is 3.66. The van der Waals surface area contributed by atoms with Crippen molar-refractivity contribution in [1.82, 2.24) is 0 Å². The molecule has 0 N–H and O–H groups in total. The molecule has 59 heavy (non-hydrogen) atoms. The van der Waals surface area contributed by atoms with E-state index in [-0.39, 0.29) is 10.8 Å². The molecule has 0 atom stereocenters. The van der Waals surface area contributed by atoms with E-state index in [0.717, 1.165) is 11.4 Å². The van der Waals surface area contributed by atoms with Crippen LogP contribution in [0.15, 0.2) is 200 Å². The molecule has 9 aromatic carbocycles. The topological polar surface area (TPSA) is 3.24 Å². The lowest BCUT2D eigenvalue weighted by Crippen LogP contribution is -2.16. The summed E-state index contributed by atoms with van der Waals surface area (Å²) in [7, 11) is 0. The van der Waals surface area contributed by atoms with Crippen LogP contribution in [-0.2, 0) is 10.8 Å². The van der Waals surface area contributed by atoms with Crippen LogP contribution in [0.2, 0.25) is 0 Å². The Kier molecular flexibility index (Phi) is 7.94. The van der Waals surface area contributed by atoms with E-state index in [0.29, 0.717) is 0 Å². The molecule has 9 aromatic rings. The van der Waals surface area contributed by atoms with Gasteiger partial charge in [0.15, 0.2) is 0 Å². The van der Waals surface area contributed by atoms with Gasteiger partial charge in [0.05, 0.1) is 11.4 Å². The standard InChI is InChI=1S/C58H45N/c1-57(2)50-25-14-12-22-48(50)56-51(57)26-16-28-54(56)59(53-27-15-23-45(38-17-7-5-8-18-38)55(53)39-19-9-6-10-20-39)44-33-31-41-35-40(29-30-42(41)36-44)43-32-34-47-46-21-11-13-24-49(46)58(3,4)52(47)37-43/h5-37H,1-4H3. The molecule has 11 rings (SSSR count). The highest BCUT2D eigenvalue weighted by atomic mass is 15.1. The summed E-state index contributed by atoms with van der Waals surface area (Å²) in [6.07, 6.45) is 0. The number of anilines is 3. The van der Waals surface area contributed by atoms with Gasteiger partial charge in [-0.1, -0.05) is 191 Å². The van der Waals surface area contributed by atoms with Gasteiger partial charge in [0.1, 0.15) is 0 Å². The number of benzene rings is 9. The minimum Gasteiger partial charge on any atom is -0.309 e. The molecule has 0 saturated carbocycles. The van der Waals surface area contributed by atoms with Gasteiger partial charge >= 0.3 is 0 Å². The molecule has 0 aliphatic heterocycles. The fraction of sp³-hybridized carbons (Fsp3) is 0.103. The summed E-state index contributed by atoms with van der Waals surface area (Å²) in [5.74, 6) is 0. The quantitative estimate of drug-likeness (QED) is 0.163. The lowest BCUT2D eigenvalue weighted by Gasteiger charge is -2.31. The summed E-state index contributed by atoms with van der Waals surface area (Å²) >= 11 is 0. The second-order valence-corrected chi connectivity index (χ2v) is 17.3. The van der Waals surface area contributed by atoms with E-state index in [1.807, 2.05) is 0 Å². The van der Waals surface area contributed by atoms with Gasteiger partial charge < -0.3 is 4.90 Å². The largest absolute Gasteiger partial charge is 0.309 e. The molecule has 282 valence electrons. The molecular weight excluding hydrogens is 711 g/mol. The Labute approximate surface area is 347 Å². The van der Waals surface area contributed by atoms with Gasteiger partial charge in [-0.25, -0.2) is 0 Å². The first kappa shape index (κ1) is 35.2. The van der Waals surface area contributed by atoms with Gasteiger partial charge in [0.2, 0.25) is 0 Å². The number of fused-ring (bicyclic) bond motifs is 7. The van der Waals surface area contributed by atoms with Crippen LogP contribution in [0, 0.1) is 0 Å². The molecule has 0 heterocycles. The maximum Gasteiger partial charge on any atom is 0.0546 e. The van der Waals surface area contributed by atoms with Gasteiger partial charge in [-0.3, -0.25) is 0 Å². The summed E-state index contributed by atoms with van der Waals surface area (Å²) in [4.78, 5) is 2.53. The third kappa shape index (κ3) is 5.45. The van der Waals surface area contributed by atoms with Gasteiger partial charge in [-0.15, -0.1) is 0 Å². The zero-order valence-electron chi connectivity index (χ0n) is 34.0. The second kappa shape index (κ2) is 13.3. The van der Waals surface area contributed by atoms with Crippen molar-refractivity contribution in [2.45, 2.75) is 38.5 Å². The molecule has 0 saturated heterocycles. The fourth-order valence-corrected chi connectivity index (χ4v) is 10.3. The molecule has 0 amide bonds. The Morgan fingerprint density at radius 3 is 1.58 bits per heavy atom. The lowest BCUT2D eigenvalue weighted by atomic mass is 9.81. The Morgan fingerprint density at radius 2 is 0.814 bits per heavy atom. The first-order chi connectivity index (χ1) is 28.8. The molecule has 1 nitrogen and oxygen atoms in total. The molecule has 0 fully saturated rings. The highest BCUT2D eigenvalue weighted by Gasteiger charge is 2.38. The van der Waals surface area contributed by atoms with Crippen molar-refractivity contribution in [3.63, 3.8) is 0 Å². The first-order valence-electron chi connectivity index (χ1n) is 20.8. The molecular formula is C58H45N. The third-order valence-electron chi connectivity index (χ3n) is 13.3. The summed E-state index contributed by atoms with van der Waals surface area (Å²) < 4.78 is 0. The van der Waals surface area contributed by atoms with Crippen molar-refractivity contribution in [3.8, 4) is 55.6 Å². The highest BCUT2D eigenvalue weighted by Crippen LogP contribution is 2.56. The Morgan fingerprint density at radius 1 is 0.305 bits per heavy atom. The van der Waals surface area contributed by atoms with E-state index in [2.05, 4.69) is 233 Å². The molecule has 0 bridgehead atoms. The summed E-state index contributed by atoms with van der Waals surface area (Å²) in [6, 6.07) is 74.4. The number of nitrogens with zero attached hydrogens (tertiary/aromatic N) is 1. The second-order valence-electron chi connectivity index (χ2n) is 17.3. The minimum atomic E-state index is -0.128. The smallest absolute Gasteiger partial charge is 0.0546 e. The molecule has 0 radical (unpaired) electrons. The predicted molar refractivity (Wildman–Crippen MR) is 250 cm³/mol. The summed E-state index contributed by atoms with van der Waals surface area (Å²) in [5, 5.41) is 2.43. The molecule has 2 aliphatic carbocycles. The third-order valence-corrected chi connectivity index (χ3v) is 13.3. The maximum absolute atomic E-state index is 2.53. The van der Waals surface area contributed by atoms with Crippen LogP contribution in [-0.4, -0.2) is 0 Å². The van der Waals surface area contributed by atoms with E-state index in [1.165, 1.54) is 94.3 Å². The zero-order valence-corrected chi connectivity index (χ0v) is 34.0. The monoisotopic (exact) mass is 755 g/mol. The van der Waals surface area contributed by atoms with Crippen LogP contribution in [0.1, 0.15) is 49.9 Å². The molecule has 0 aromatic heterocycles. The fourth-order valence-electron chi connectivity index (χ4n) is 10.3. The molecule has 2 aliphatic rings. The van der Waals surface area contributed by atoms with Crippen molar-refractivity contribution >= 4 is 27.8 Å². The Bertz CT molecular complexity index is 3100. The minimum absolute atomic E-state index is 0.0408. The van der Waals surface area contributed by atoms with Crippen LogP contribution < -0.4 is 4.90 Å². The van der Waals surface area contributed by atoms with Crippen molar-refractivity contribution in [2.75, 3.05) is 4.90 Å². The molecule has 0 unspecified atom stereocenters. The van der Waals surface area contributed by atoms with E-state index < -0.39 is 0 Å². The van der Waals surface area contributed by atoms with Crippen LogP contribution in [0.4, 0.5) is 17.1 Å². The normalized spacial score (nSPS) is 14.0. The highest BCUT2D eigenvalue weighted by molar-refractivity contribution is 6.02.